The third kappa shape index (κ3) is 1.59. The van der Waals surface area contributed by atoms with Gasteiger partial charge >= 0.3 is 6.09 Å². The molecule has 3 atom stereocenters. The predicted octanol–water partition coefficient (Wildman–Crippen LogP) is 0.988. The topological polar surface area (TPSA) is 49.8 Å². The van der Waals surface area contributed by atoms with E-state index in [4.69, 9.17) is 4.74 Å². The van der Waals surface area contributed by atoms with Crippen LogP contribution in [0.5, 0.6) is 0 Å². The number of carbonyl (C=O) groups excluding carboxylic acids is 1. The standard InChI is InChI=1S/C10H17NO3/c1-2-14-10(13)11-6-7-3-4-8(11)5-9(7)12/h7-9,12H,2-6H2,1H3/t7-,8+,9+/m1/s1. The molecule has 4 nitrogen and oxygen atoms in total. The Morgan fingerprint density at radius 3 is 2.86 bits per heavy atom. The van der Waals surface area contributed by atoms with Crippen LogP contribution in [0.15, 0.2) is 0 Å². The van der Waals surface area contributed by atoms with Crippen LogP contribution in [-0.4, -0.2) is 41.4 Å². The van der Waals surface area contributed by atoms with Crippen LogP contribution < -0.4 is 0 Å². The summed E-state index contributed by atoms with van der Waals surface area (Å²) in [5, 5.41) is 9.65. The van der Waals surface area contributed by atoms with Crippen molar-refractivity contribution in [1.29, 1.82) is 0 Å². The number of ether oxygens (including phenoxy) is 1. The lowest BCUT2D eigenvalue weighted by Crippen LogP contribution is -2.56. The summed E-state index contributed by atoms with van der Waals surface area (Å²) in [6.07, 6.45) is 2.36. The molecule has 2 saturated heterocycles. The molecule has 3 fully saturated rings. The van der Waals surface area contributed by atoms with E-state index in [9.17, 15) is 9.90 Å². The SMILES string of the molecule is CCOC(=O)N1C[C@H]2CC[C@H]1C[C@@H]2O. The summed E-state index contributed by atoms with van der Waals surface area (Å²) < 4.78 is 4.97. The number of aliphatic hydroxyl groups is 1. The maximum absolute atomic E-state index is 11.5. The Labute approximate surface area is 83.8 Å². The van der Waals surface area contributed by atoms with Gasteiger partial charge in [-0.2, -0.15) is 0 Å². The van der Waals surface area contributed by atoms with Crippen LogP contribution in [0.1, 0.15) is 26.2 Å². The minimum Gasteiger partial charge on any atom is -0.450 e. The average molecular weight is 199 g/mol. The maximum atomic E-state index is 11.5. The fourth-order valence-corrected chi connectivity index (χ4v) is 2.52. The highest BCUT2D eigenvalue weighted by molar-refractivity contribution is 5.68. The van der Waals surface area contributed by atoms with Gasteiger partial charge in [-0.15, -0.1) is 0 Å². The van der Waals surface area contributed by atoms with E-state index in [2.05, 4.69) is 0 Å². The molecule has 2 heterocycles. The normalized spacial score (nSPS) is 35.9. The van der Waals surface area contributed by atoms with E-state index < -0.39 is 0 Å². The molecule has 80 valence electrons. The summed E-state index contributed by atoms with van der Waals surface area (Å²) in [5.41, 5.74) is 0. The molecule has 1 aliphatic carbocycles. The Balaban J connectivity index is 1.99. The number of hydrogen-bond acceptors (Lipinski definition) is 3. The van der Waals surface area contributed by atoms with Gasteiger partial charge in [-0.1, -0.05) is 0 Å². The third-order valence-electron chi connectivity index (χ3n) is 3.30. The number of fused-ring (bicyclic) bond motifs is 3. The molecule has 14 heavy (non-hydrogen) atoms. The Morgan fingerprint density at radius 1 is 1.57 bits per heavy atom. The molecule has 1 saturated carbocycles. The van der Waals surface area contributed by atoms with Gasteiger partial charge in [-0.25, -0.2) is 4.79 Å². The fourth-order valence-electron chi connectivity index (χ4n) is 2.52. The van der Waals surface area contributed by atoms with Crippen molar-refractivity contribution in [2.45, 2.75) is 38.3 Å². The summed E-state index contributed by atoms with van der Waals surface area (Å²) in [6, 6.07) is 0.203. The zero-order valence-electron chi connectivity index (χ0n) is 8.48. The minimum absolute atomic E-state index is 0.203. The van der Waals surface area contributed by atoms with Gasteiger partial charge in [0.2, 0.25) is 0 Å². The zero-order chi connectivity index (χ0) is 10.1. The van der Waals surface area contributed by atoms with Gasteiger partial charge in [0.1, 0.15) is 0 Å². The summed E-state index contributed by atoms with van der Waals surface area (Å²) in [4.78, 5) is 13.3. The van der Waals surface area contributed by atoms with Crippen LogP contribution in [0, 0.1) is 5.92 Å². The molecule has 2 aliphatic heterocycles. The smallest absolute Gasteiger partial charge is 0.410 e. The zero-order valence-corrected chi connectivity index (χ0v) is 8.48. The Kier molecular flexibility index (Phi) is 2.63. The number of nitrogens with zero attached hydrogens (tertiary/aromatic N) is 1. The van der Waals surface area contributed by atoms with Gasteiger partial charge in [-0.05, 0) is 26.2 Å². The summed E-state index contributed by atoms with van der Waals surface area (Å²) in [5.74, 6) is 0.268. The lowest BCUT2D eigenvalue weighted by Gasteiger charge is -2.46. The van der Waals surface area contributed by atoms with Crippen molar-refractivity contribution >= 4 is 6.09 Å². The van der Waals surface area contributed by atoms with Crippen LogP contribution in [-0.2, 0) is 4.74 Å². The highest BCUT2D eigenvalue weighted by Crippen LogP contribution is 2.35. The van der Waals surface area contributed by atoms with Gasteiger partial charge in [0.05, 0.1) is 12.7 Å². The predicted molar refractivity (Wildman–Crippen MR) is 50.9 cm³/mol. The van der Waals surface area contributed by atoms with Crippen LogP contribution in [0.25, 0.3) is 0 Å². The van der Waals surface area contributed by atoms with Crippen molar-refractivity contribution in [3.63, 3.8) is 0 Å². The molecule has 4 heteroatoms. The first kappa shape index (κ1) is 9.77. The second kappa shape index (κ2) is 3.77. The van der Waals surface area contributed by atoms with Gasteiger partial charge in [0.25, 0.3) is 0 Å². The highest BCUT2D eigenvalue weighted by Gasteiger charge is 2.42. The quantitative estimate of drug-likeness (QED) is 0.685. The largest absolute Gasteiger partial charge is 0.450 e. The van der Waals surface area contributed by atoms with E-state index in [0.29, 0.717) is 13.2 Å². The first-order chi connectivity index (χ1) is 6.72. The van der Waals surface area contributed by atoms with Gasteiger partial charge in [0, 0.05) is 18.5 Å². The Bertz CT molecular complexity index is 231. The van der Waals surface area contributed by atoms with Crippen molar-refractivity contribution in [2.24, 2.45) is 5.92 Å². The fraction of sp³-hybridized carbons (Fsp3) is 0.900. The van der Waals surface area contributed by atoms with Crippen LogP contribution in [0.3, 0.4) is 0 Å². The highest BCUT2D eigenvalue weighted by atomic mass is 16.6. The van der Waals surface area contributed by atoms with E-state index in [1.807, 2.05) is 6.92 Å². The summed E-state index contributed by atoms with van der Waals surface area (Å²) in [7, 11) is 0. The van der Waals surface area contributed by atoms with Gasteiger partial charge in [-0.3, -0.25) is 0 Å². The third-order valence-corrected chi connectivity index (χ3v) is 3.30. The van der Waals surface area contributed by atoms with Crippen molar-refractivity contribution < 1.29 is 14.6 Å². The van der Waals surface area contributed by atoms with Crippen LogP contribution in [0.2, 0.25) is 0 Å². The molecule has 3 aliphatic rings. The molecule has 3 rings (SSSR count). The van der Waals surface area contributed by atoms with Crippen LogP contribution >= 0.6 is 0 Å². The Hall–Kier alpha value is -0.770. The molecule has 0 aromatic rings. The first-order valence-corrected chi connectivity index (χ1v) is 5.33. The average Bonchev–Trinajstić information content (AvgIpc) is 2.18. The summed E-state index contributed by atoms with van der Waals surface area (Å²) >= 11 is 0. The van der Waals surface area contributed by atoms with E-state index in [-0.39, 0.29) is 24.2 Å². The van der Waals surface area contributed by atoms with E-state index >= 15 is 0 Å². The molecule has 0 aromatic carbocycles. The molecule has 1 N–H and O–H groups in total. The number of piperidine rings is 2. The van der Waals surface area contributed by atoms with Crippen molar-refractivity contribution in [3.8, 4) is 0 Å². The molecule has 0 unspecified atom stereocenters. The van der Waals surface area contributed by atoms with E-state index in [0.717, 1.165) is 19.3 Å². The molecule has 2 bridgehead atoms. The molecule has 0 spiro atoms. The van der Waals surface area contributed by atoms with Gasteiger partial charge < -0.3 is 14.7 Å². The lowest BCUT2D eigenvalue weighted by atomic mass is 9.78. The second-order valence-electron chi connectivity index (χ2n) is 4.15. The molecular weight excluding hydrogens is 182 g/mol. The number of carbonyl (C=O) groups is 1. The molecule has 0 aromatic heterocycles. The number of aliphatic hydroxyl groups excluding tert-OH is 1. The van der Waals surface area contributed by atoms with Crippen molar-refractivity contribution in [3.05, 3.63) is 0 Å². The number of hydrogen-bond donors (Lipinski definition) is 1. The van der Waals surface area contributed by atoms with Crippen molar-refractivity contribution in [1.82, 2.24) is 4.90 Å². The number of amides is 1. The molecular formula is C10H17NO3. The van der Waals surface area contributed by atoms with Crippen molar-refractivity contribution in [2.75, 3.05) is 13.2 Å². The van der Waals surface area contributed by atoms with E-state index in [1.165, 1.54) is 0 Å². The Morgan fingerprint density at radius 2 is 2.36 bits per heavy atom. The number of rotatable bonds is 1. The lowest BCUT2D eigenvalue weighted by molar-refractivity contribution is -0.0440. The van der Waals surface area contributed by atoms with Crippen LogP contribution in [0.4, 0.5) is 4.79 Å². The monoisotopic (exact) mass is 199 g/mol. The first-order valence-electron chi connectivity index (χ1n) is 5.33. The molecule has 1 amide bonds. The molecule has 0 radical (unpaired) electrons. The summed E-state index contributed by atoms with van der Waals surface area (Å²) in [6.45, 7) is 2.91. The van der Waals surface area contributed by atoms with E-state index in [1.54, 1.807) is 4.90 Å². The van der Waals surface area contributed by atoms with Gasteiger partial charge in [0.15, 0.2) is 0 Å². The minimum atomic E-state index is -0.214. The maximum Gasteiger partial charge on any atom is 0.410 e. The second-order valence-corrected chi connectivity index (χ2v) is 4.15.